The van der Waals surface area contributed by atoms with Crippen LogP contribution >= 0.6 is 0 Å². The predicted octanol–water partition coefficient (Wildman–Crippen LogP) is 7.80. The third kappa shape index (κ3) is 0.291. The molecule has 10 aliphatic heterocycles. The molecule has 1 spiro atoms. The Kier molecular flexibility index (Phi) is 0.950. The van der Waals surface area contributed by atoms with E-state index < -0.39 is 6.65 Å². The minimum absolute atomic E-state index is 0.598. The van der Waals surface area contributed by atoms with Crippen molar-refractivity contribution in [3.05, 3.63) is 144 Å². The zero-order valence-electron chi connectivity index (χ0n) is 19.4. The average molecular weight is 487 g/mol. The van der Waals surface area contributed by atoms with Crippen LogP contribution in [-0.2, 0) is 23.8 Å². The van der Waals surface area contributed by atoms with E-state index in [0.29, 0.717) is 17.1 Å². The summed E-state index contributed by atoms with van der Waals surface area (Å²) in [6.07, 6.45) is 0. The molecule has 35 heavy (non-hydrogen) atoms. The van der Waals surface area contributed by atoms with Crippen molar-refractivity contribution < 1.29 is 6.65 Å². The van der Waals surface area contributed by atoms with Crippen LogP contribution in [0.3, 0.4) is 0 Å². The molecule has 10 saturated heterocycles. The number of rotatable bonds is 4. The van der Waals surface area contributed by atoms with Gasteiger partial charge in [0.2, 0.25) is 0 Å². The van der Waals surface area contributed by atoms with E-state index in [1.807, 2.05) is 0 Å². The molecule has 0 aliphatic carbocycles. The third-order valence-corrected chi connectivity index (χ3v) is 72.4. The van der Waals surface area contributed by atoms with Gasteiger partial charge in [0.05, 0.1) is 0 Å². The van der Waals surface area contributed by atoms with Crippen LogP contribution < -0.4 is 0 Å². The summed E-state index contributed by atoms with van der Waals surface area (Å²) in [5, 5.41) is 0. The van der Waals surface area contributed by atoms with E-state index in [9.17, 15) is 0 Å². The fourth-order valence-corrected chi connectivity index (χ4v) is 124. The Bertz CT molecular complexity index is 1900. The van der Waals surface area contributed by atoms with Crippen molar-refractivity contribution in [2.45, 2.75) is 45.8 Å². The van der Waals surface area contributed by atoms with Crippen LogP contribution in [0.25, 0.3) is 0 Å². The summed E-state index contributed by atoms with van der Waals surface area (Å²) in [6, 6.07) is 48.6. The Hall–Kier alpha value is -2.59. The van der Waals surface area contributed by atoms with Crippen LogP contribution in [0.4, 0.5) is 0 Å². The average Bonchev–Trinajstić information content (AvgIpc) is 3.90. The van der Waals surface area contributed by atoms with Crippen LogP contribution in [0, 0.1) is 0 Å². The third-order valence-electron chi connectivity index (χ3n) is 22.1. The molecule has 4 aromatic rings. The molecule has 0 amide bonds. The van der Waals surface area contributed by atoms with Crippen molar-refractivity contribution in [1.82, 2.24) is 0 Å². The Morgan fingerprint density at radius 1 is 0.343 bits per heavy atom. The molecule has 0 radical (unpaired) electrons. The SMILES string of the molecule is c1ccc([C]23[CH]4[CH]5[C]6(c7ccccc7)[CH]2[Cr]45362789[CH]3[CH]2[C]7(c2ccccc2)[CH]8[C]39c2ccccc2)cc1. The topological polar surface area (TPSA) is 0 Å². The minimum atomic E-state index is -4.63. The van der Waals surface area contributed by atoms with Crippen LogP contribution in [0.2, 0.25) is 28.7 Å². The molecular weight excluding hydrogens is 460 g/mol. The van der Waals surface area contributed by atoms with Gasteiger partial charge in [0, 0.05) is 0 Å². The van der Waals surface area contributed by atoms with Crippen LogP contribution in [-0.4, -0.2) is 0 Å². The number of hydrogen-bond acceptors (Lipinski definition) is 0. The van der Waals surface area contributed by atoms with Crippen LogP contribution in [0.15, 0.2) is 121 Å². The molecule has 0 nitrogen and oxygen atoms in total. The van der Waals surface area contributed by atoms with E-state index in [1.54, 1.807) is 22.3 Å². The van der Waals surface area contributed by atoms with Gasteiger partial charge in [-0.1, -0.05) is 0 Å². The summed E-state index contributed by atoms with van der Waals surface area (Å²) < 4.78 is 8.80. The first-order valence-corrected chi connectivity index (χ1v) is 20.8. The van der Waals surface area contributed by atoms with Crippen molar-refractivity contribution in [3.63, 3.8) is 0 Å². The zero-order valence-corrected chi connectivity index (χ0v) is 20.7. The summed E-state index contributed by atoms with van der Waals surface area (Å²) in [4.78, 5) is 0. The van der Waals surface area contributed by atoms with E-state index in [4.69, 9.17) is 0 Å². The quantitative estimate of drug-likeness (QED) is 0.276. The van der Waals surface area contributed by atoms with Gasteiger partial charge in [-0.3, -0.25) is 0 Å². The van der Waals surface area contributed by atoms with Gasteiger partial charge in [-0.25, -0.2) is 0 Å². The maximum atomic E-state index is 2.58. The monoisotopic (exact) mass is 486 g/mol. The Morgan fingerprint density at radius 2 is 0.571 bits per heavy atom. The summed E-state index contributed by atoms with van der Waals surface area (Å²) in [5.41, 5.74) is 7.16. The molecule has 1 heteroatoms. The first-order chi connectivity index (χ1) is 17.1. The van der Waals surface area contributed by atoms with E-state index in [2.05, 4.69) is 121 Å². The molecule has 10 heterocycles. The van der Waals surface area contributed by atoms with Crippen LogP contribution in [0.1, 0.15) is 22.3 Å². The molecule has 8 unspecified atom stereocenters. The van der Waals surface area contributed by atoms with Gasteiger partial charge in [-0.05, 0) is 0 Å². The van der Waals surface area contributed by atoms with Crippen molar-refractivity contribution in [3.8, 4) is 0 Å². The van der Waals surface area contributed by atoms with Crippen molar-refractivity contribution >= 4 is 0 Å². The molecular formula is C34H26Cr. The molecule has 0 bridgehead atoms. The molecule has 168 valence electrons. The summed E-state index contributed by atoms with van der Waals surface area (Å²) in [5.74, 6) is 0. The molecule has 0 N–H and O–H groups in total. The second-order valence-corrected chi connectivity index (χ2v) is 42.5. The number of benzene rings is 4. The van der Waals surface area contributed by atoms with E-state index in [1.165, 1.54) is 0 Å². The van der Waals surface area contributed by atoms with Crippen molar-refractivity contribution in [2.75, 3.05) is 0 Å². The summed E-state index contributed by atoms with van der Waals surface area (Å²) in [7, 11) is 0. The summed E-state index contributed by atoms with van der Waals surface area (Å²) >= 11 is 0. The second-order valence-electron chi connectivity index (χ2n) is 16.6. The van der Waals surface area contributed by atoms with Gasteiger partial charge in [0.25, 0.3) is 0 Å². The van der Waals surface area contributed by atoms with Crippen molar-refractivity contribution in [2.24, 2.45) is 0 Å². The van der Waals surface area contributed by atoms with Gasteiger partial charge < -0.3 is 0 Å². The van der Waals surface area contributed by atoms with Gasteiger partial charge in [-0.15, -0.1) is 0 Å². The molecule has 4 aromatic carbocycles. The van der Waals surface area contributed by atoms with Gasteiger partial charge in [0.1, 0.15) is 0 Å². The molecule has 10 aliphatic rings. The van der Waals surface area contributed by atoms with Crippen LogP contribution in [0.5, 0.6) is 0 Å². The first-order valence-electron chi connectivity index (χ1n) is 13.8. The first kappa shape index (κ1) is 15.5. The normalized spacial score (nSPS) is 69.9. The number of hydrogen-bond donors (Lipinski definition) is 0. The standard InChI is InChI=1S/2C17H13.Cr/c2*1-3-7-14(8-4-1)16-11-12-17(13-16)15-9-5-2-6-10-15;/h2*1-13H;. The second kappa shape index (κ2) is 2.14. The Morgan fingerprint density at radius 3 is 0.800 bits per heavy atom. The fourth-order valence-electron chi connectivity index (χ4n) is 26.4. The zero-order chi connectivity index (χ0) is 22.2. The Balaban J connectivity index is 1.28. The molecule has 0 saturated carbocycles. The van der Waals surface area contributed by atoms with Crippen molar-refractivity contribution in [1.29, 1.82) is 0 Å². The van der Waals surface area contributed by atoms with Gasteiger partial charge in [-0.2, -0.15) is 0 Å². The molecule has 10 fully saturated rings. The van der Waals surface area contributed by atoms with Gasteiger partial charge >= 0.3 is 196 Å². The maximum absolute atomic E-state index is 4.63. The fraction of sp³-hybridized carbons (Fsp3) is 0.294. The van der Waals surface area contributed by atoms with E-state index >= 15 is 0 Å². The molecule has 0 aromatic heterocycles. The predicted molar refractivity (Wildman–Crippen MR) is 135 cm³/mol. The van der Waals surface area contributed by atoms with E-state index in [-0.39, 0.29) is 0 Å². The Labute approximate surface area is 195 Å². The number of fused-ring (bicyclic) bond motifs is 10. The summed E-state index contributed by atoms with van der Waals surface area (Å²) in [6.45, 7) is -4.63. The molecule has 8 atom stereocenters. The molecule has 14 rings (SSSR count). The van der Waals surface area contributed by atoms with Gasteiger partial charge in [0.15, 0.2) is 0 Å². The van der Waals surface area contributed by atoms with E-state index in [0.717, 1.165) is 28.7 Å².